The number of fused-ring (bicyclic) bond motifs is 5. The molecule has 710 valence electrons. The van der Waals surface area contributed by atoms with Gasteiger partial charge in [-0.3, -0.25) is 81.6 Å². The first-order valence-electron chi connectivity index (χ1n) is 44.6. The average molecular weight is 2570 g/mol. The smallest absolute Gasteiger partial charge is 0.0247 e. The van der Waals surface area contributed by atoms with Crippen molar-refractivity contribution in [1.29, 1.82) is 0 Å². The summed E-state index contributed by atoms with van der Waals surface area (Å²) in [6, 6.07) is 80.2. The second-order valence-corrected chi connectivity index (χ2v) is 31.0. The molecule has 24 heteroatoms. The first-order valence-corrected chi connectivity index (χ1v) is 50.6. The standard InChI is InChI=1S/2C13H8N2.2C13H7NO.C13H7NS.3C10H8S2.10C2H6.8Y/c1-3-10-6-8-14-9-12(10)11(4-1)13-5-2-7-15-13;1-2-10-4-6-15-9-13(10)12(3-1)11-5-7-14-8-11;1-3-10-6-7-14-9-12(10)11(4-1)13-5-2-8-15-13;1-2-10-4-6-14-8-13(10)12(3-1)11-5-7-15-9-11;1-3-10-6-7-14-9-12(10)11(4-1)13-5-2-8-15-13;1-7-8(2)12-6-10(7)9-3-4-11-5-9;1-7-8(2)12-6-9(7)10-4-3-5-11-10;1-7-6-10(12-8(7)2)9-4-3-5-11-9;10*1-2;;;;;;;;/h1-3,6-9,15H;1-2,4-7,9,14H;1-3,6-9H;1-2,4-8H;1-3,6-9H;3-4H,1-2H3;2*3,5H,1-2H3;10*1-2H3;;;;;;;;/q8*-2;;;;;;;;;;;;;;;;;;. The van der Waals surface area contributed by atoms with E-state index in [2.05, 4.69) is 189 Å². The zero-order chi connectivity index (χ0) is 96.1. The maximum Gasteiger partial charge on any atom is 0.0247 e. The molecule has 16 aromatic heterocycles. The molecular weight excluding hydrogens is 2450 g/mol. The Bertz CT molecular complexity index is 5650. The van der Waals surface area contributed by atoms with Gasteiger partial charge in [0.15, 0.2) is 0 Å². The molecule has 21 aromatic rings. The number of aryl methyl sites for hydroxylation is 4. The number of nitrogens with zero attached hydrogens (tertiary/aromatic N) is 5. The molecule has 21 rings (SSSR count). The molecule has 0 amide bonds. The van der Waals surface area contributed by atoms with E-state index >= 15 is 0 Å². The molecule has 5 aromatic carbocycles. The van der Waals surface area contributed by atoms with Crippen molar-refractivity contribution in [3.8, 4) is 86.6 Å². The molecule has 0 saturated carbocycles. The molecule has 0 aliphatic heterocycles. The van der Waals surface area contributed by atoms with Gasteiger partial charge in [0.2, 0.25) is 0 Å². The first kappa shape index (κ1) is 144. The Hall–Kier alpha value is -3.00. The van der Waals surface area contributed by atoms with Crippen molar-refractivity contribution >= 4 is 133 Å². The largest absolute Gasteiger partial charge is 0.590 e. The van der Waals surface area contributed by atoms with Gasteiger partial charge in [-0.2, -0.15) is 121 Å². The number of benzene rings is 5. The van der Waals surface area contributed by atoms with E-state index in [-0.39, 0.29) is 262 Å². The van der Waals surface area contributed by atoms with Crippen molar-refractivity contribution < 1.29 is 271 Å². The second kappa shape index (κ2) is 88.0. The summed E-state index contributed by atoms with van der Waals surface area (Å²) in [7, 11) is 0. The fraction of sp³-hybridized carbons (Fsp3) is 0.226. The van der Waals surface area contributed by atoms with E-state index < -0.39 is 0 Å². The summed E-state index contributed by atoms with van der Waals surface area (Å²) in [4.78, 5) is 35.5. The number of rotatable bonds is 8. The SMILES string of the molecule is CC.CC.CC.CC.CC.CC.CC.CC.CC.CC.Cc1[c-]c(-c2[c-]ccs2)sc1C.Cc1s[c-]c(-c2[c-]ccs2)c1C.Cc1s[c-]c(-c2[c-]scc2)c1C.[Y].[Y].[Y].[Y].[Y].[Y].[Y].[Y].[c-]1[nH]ccc1-c1[c-]ccc2ccncc12.[c-]1cc[nH]c1-c1[c-]ccc2ccncc12.[c-]1ccoc1-c1[c-]ccc2ccncc12.[c-]1ccsc1-c1[c-]ccc2ccncc12.[c-]1occc1-c1[c-]ccc2ccncc12. The normalized spacial score (nSPS) is 8.91. The van der Waals surface area contributed by atoms with Gasteiger partial charge in [-0.25, -0.2) is 116 Å². The monoisotopic (exact) mass is 2570 g/mol. The minimum Gasteiger partial charge on any atom is -0.590 e. The van der Waals surface area contributed by atoms with E-state index in [0.717, 1.165) is 87.2 Å². The van der Waals surface area contributed by atoms with Crippen LogP contribution in [0.2, 0.25) is 0 Å². The molecule has 0 saturated heterocycles. The molecule has 0 aliphatic rings. The van der Waals surface area contributed by atoms with Crippen LogP contribution < -0.4 is 0 Å². The molecule has 0 atom stereocenters. The van der Waals surface area contributed by atoms with Crippen LogP contribution in [0.3, 0.4) is 0 Å². The van der Waals surface area contributed by atoms with Gasteiger partial charge < -0.3 is 41.5 Å². The van der Waals surface area contributed by atoms with E-state index in [1.165, 1.54) is 78.8 Å². The molecule has 0 fully saturated rings. The second-order valence-electron chi connectivity index (χ2n) is 24.3. The van der Waals surface area contributed by atoms with E-state index in [4.69, 9.17) is 8.83 Å². The van der Waals surface area contributed by atoms with E-state index in [9.17, 15) is 0 Å². The Balaban J connectivity index is -0.000000476. The summed E-state index contributed by atoms with van der Waals surface area (Å²) in [5.41, 5.74) is 15.5. The fourth-order valence-corrected chi connectivity index (χ4v) is 16.7. The number of nitrogens with one attached hydrogen (secondary N) is 2. The van der Waals surface area contributed by atoms with Gasteiger partial charge in [-0.15, -0.1) is 161 Å². The van der Waals surface area contributed by atoms with Crippen molar-refractivity contribution in [3.05, 3.63) is 375 Å². The number of thiophene rings is 7. The Morgan fingerprint density at radius 1 is 0.302 bits per heavy atom. The van der Waals surface area contributed by atoms with Crippen LogP contribution >= 0.6 is 79.4 Å². The predicted octanol–water partition coefficient (Wildman–Crippen LogP) is 36.7. The average Bonchev–Trinajstić information content (AvgIpc) is 1.81. The molecule has 139 heavy (non-hydrogen) atoms. The fourth-order valence-electron chi connectivity index (χ4n) is 11.4. The first-order chi connectivity index (χ1) is 64.6. The number of aromatic amines is 2. The van der Waals surface area contributed by atoms with Gasteiger partial charge in [0, 0.05) is 293 Å². The zero-order valence-corrected chi connectivity index (χ0v) is 114. The molecular formula is C115H121N7O2S7Y8-16. The number of hydrogen-bond acceptors (Lipinski definition) is 14. The van der Waals surface area contributed by atoms with Crippen molar-refractivity contribution in [2.45, 2.75) is 180 Å². The minimum absolute atomic E-state index is 0. The van der Waals surface area contributed by atoms with Crippen molar-refractivity contribution in [1.82, 2.24) is 34.9 Å². The molecule has 9 nitrogen and oxygen atoms in total. The van der Waals surface area contributed by atoms with Gasteiger partial charge in [0.05, 0.1) is 0 Å². The van der Waals surface area contributed by atoms with Crippen LogP contribution in [0.25, 0.3) is 140 Å². The molecule has 16 heterocycles. The Morgan fingerprint density at radius 3 is 1.05 bits per heavy atom. The summed E-state index contributed by atoms with van der Waals surface area (Å²) in [6.07, 6.45) is 31.0. The maximum absolute atomic E-state index is 5.31. The third kappa shape index (κ3) is 45.9. The van der Waals surface area contributed by atoms with Gasteiger partial charge in [0.1, 0.15) is 0 Å². The van der Waals surface area contributed by atoms with Crippen LogP contribution in [0.1, 0.15) is 170 Å². The molecule has 0 spiro atoms. The Morgan fingerprint density at radius 2 is 0.698 bits per heavy atom. The topological polar surface area (TPSA) is 122 Å². The summed E-state index contributed by atoms with van der Waals surface area (Å²) in [5.74, 6) is 0.702. The van der Waals surface area contributed by atoms with Crippen molar-refractivity contribution in [3.63, 3.8) is 0 Å². The summed E-state index contributed by atoms with van der Waals surface area (Å²) in [5, 5.41) is 29.2. The number of pyridine rings is 5. The quantitative estimate of drug-likeness (QED) is 0.145. The van der Waals surface area contributed by atoms with Crippen LogP contribution in [0.4, 0.5) is 0 Å². The van der Waals surface area contributed by atoms with Crippen LogP contribution in [0, 0.1) is 137 Å². The van der Waals surface area contributed by atoms with Crippen LogP contribution in [-0.2, 0) is 262 Å². The molecule has 0 aliphatic carbocycles. The van der Waals surface area contributed by atoms with Gasteiger partial charge >= 0.3 is 0 Å². The predicted molar refractivity (Wildman–Crippen MR) is 573 cm³/mol. The van der Waals surface area contributed by atoms with Crippen LogP contribution in [0.15, 0.2) is 257 Å². The molecule has 0 unspecified atom stereocenters. The van der Waals surface area contributed by atoms with Gasteiger partial charge in [-0.1, -0.05) is 216 Å². The van der Waals surface area contributed by atoms with Crippen molar-refractivity contribution in [2.75, 3.05) is 0 Å². The summed E-state index contributed by atoms with van der Waals surface area (Å²) in [6.45, 7) is 52.8. The summed E-state index contributed by atoms with van der Waals surface area (Å²) < 4.78 is 10.3. The molecule has 2 N–H and O–H groups in total. The van der Waals surface area contributed by atoms with Crippen LogP contribution in [0.5, 0.6) is 0 Å². The minimum atomic E-state index is 0. The number of hydrogen-bond donors (Lipinski definition) is 2. The van der Waals surface area contributed by atoms with Crippen molar-refractivity contribution in [2.24, 2.45) is 0 Å². The molecule has 8 radical (unpaired) electrons. The number of furan rings is 2. The maximum atomic E-state index is 5.31. The zero-order valence-electron chi connectivity index (χ0n) is 85.2. The molecule has 0 bridgehead atoms. The third-order valence-corrected chi connectivity index (χ3v) is 23.6. The van der Waals surface area contributed by atoms with E-state index in [1.54, 1.807) is 123 Å². The Kier molecular flexibility index (Phi) is 91.4. The van der Waals surface area contributed by atoms with Crippen LogP contribution in [-0.4, -0.2) is 34.9 Å². The number of aromatic nitrogens is 7. The van der Waals surface area contributed by atoms with E-state index in [0.29, 0.717) is 5.76 Å². The van der Waals surface area contributed by atoms with Gasteiger partial charge in [-0.05, 0) is 49.8 Å². The Labute approximate surface area is 1060 Å². The van der Waals surface area contributed by atoms with E-state index in [1.807, 2.05) is 326 Å². The third-order valence-electron chi connectivity index (χ3n) is 17.4. The van der Waals surface area contributed by atoms with Gasteiger partial charge in [0.25, 0.3) is 0 Å². The summed E-state index contributed by atoms with van der Waals surface area (Å²) >= 11 is 11.9. The number of H-pyrrole nitrogens is 2.